The van der Waals surface area contributed by atoms with E-state index in [0.717, 1.165) is 13.0 Å². The van der Waals surface area contributed by atoms with E-state index in [4.69, 9.17) is 16.9 Å². The number of nitriles is 1. The number of rotatable bonds is 4. The third-order valence-corrected chi connectivity index (χ3v) is 1.14. The Morgan fingerprint density at radius 1 is 1.78 bits per heavy atom. The first-order chi connectivity index (χ1) is 4.31. The number of hydrogen-bond donors (Lipinski definition) is 1. The van der Waals surface area contributed by atoms with E-state index in [1.165, 1.54) is 0 Å². The molecule has 0 fully saturated rings. The van der Waals surface area contributed by atoms with Gasteiger partial charge < -0.3 is 5.32 Å². The van der Waals surface area contributed by atoms with E-state index < -0.39 is 0 Å². The lowest BCUT2D eigenvalue weighted by molar-refractivity contribution is 0.684. The monoisotopic (exact) mass is 146 g/mol. The first kappa shape index (κ1) is 8.74. The van der Waals surface area contributed by atoms with Gasteiger partial charge >= 0.3 is 0 Å². The summed E-state index contributed by atoms with van der Waals surface area (Å²) in [6, 6.07) is 1.93. The highest BCUT2D eigenvalue weighted by molar-refractivity contribution is 6.22. The topological polar surface area (TPSA) is 35.8 Å². The minimum absolute atomic E-state index is 0.378. The van der Waals surface area contributed by atoms with Crippen LogP contribution in [-0.2, 0) is 0 Å². The smallest absolute Gasteiger partial charge is 0.132 e. The molecule has 0 aliphatic carbocycles. The third-order valence-electron chi connectivity index (χ3n) is 0.890. The average Bonchev–Trinajstić information content (AvgIpc) is 1.89. The molecule has 1 unspecified atom stereocenters. The van der Waals surface area contributed by atoms with Gasteiger partial charge in [-0.3, -0.25) is 0 Å². The van der Waals surface area contributed by atoms with Gasteiger partial charge in [0.2, 0.25) is 0 Å². The minimum atomic E-state index is -0.378. The highest BCUT2D eigenvalue weighted by atomic mass is 35.5. The Hall–Kier alpha value is -0.260. The van der Waals surface area contributed by atoms with Crippen molar-refractivity contribution in [3.8, 4) is 6.07 Å². The fourth-order valence-electron chi connectivity index (χ4n) is 0.451. The van der Waals surface area contributed by atoms with Crippen LogP contribution in [0.2, 0.25) is 0 Å². The quantitative estimate of drug-likeness (QED) is 0.477. The lowest BCUT2D eigenvalue weighted by atomic mass is 10.4. The molecule has 0 saturated carbocycles. The molecule has 0 aromatic heterocycles. The van der Waals surface area contributed by atoms with Crippen molar-refractivity contribution >= 4 is 11.6 Å². The SMILES string of the molecule is CCCNCC(Cl)C#N. The summed E-state index contributed by atoms with van der Waals surface area (Å²) in [6.45, 7) is 3.60. The molecule has 0 aromatic rings. The summed E-state index contributed by atoms with van der Waals surface area (Å²) in [7, 11) is 0. The second-order valence-corrected chi connectivity index (χ2v) is 2.33. The first-order valence-electron chi connectivity index (χ1n) is 3.05. The van der Waals surface area contributed by atoms with Crippen LogP contribution in [0.4, 0.5) is 0 Å². The van der Waals surface area contributed by atoms with Gasteiger partial charge in [-0.1, -0.05) is 6.92 Å². The molecule has 2 nitrogen and oxygen atoms in total. The molecule has 0 radical (unpaired) electrons. The molecule has 0 amide bonds. The van der Waals surface area contributed by atoms with Gasteiger partial charge in [0.1, 0.15) is 5.38 Å². The fraction of sp³-hybridized carbons (Fsp3) is 0.833. The van der Waals surface area contributed by atoms with Crippen LogP contribution in [0.5, 0.6) is 0 Å². The van der Waals surface area contributed by atoms with Gasteiger partial charge in [-0.15, -0.1) is 11.6 Å². The molecule has 0 bridgehead atoms. The molecular weight excluding hydrogens is 136 g/mol. The second kappa shape index (κ2) is 5.87. The van der Waals surface area contributed by atoms with E-state index in [9.17, 15) is 0 Å². The van der Waals surface area contributed by atoms with Crippen LogP contribution in [-0.4, -0.2) is 18.5 Å². The first-order valence-corrected chi connectivity index (χ1v) is 3.49. The summed E-state index contributed by atoms with van der Waals surface area (Å²) in [4.78, 5) is 0. The maximum absolute atomic E-state index is 8.21. The van der Waals surface area contributed by atoms with Crippen molar-refractivity contribution in [1.82, 2.24) is 5.32 Å². The van der Waals surface area contributed by atoms with E-state index >= 15 is 0 Å². The predicted molar refractivity (Wildman–Crippen MR) is 38.4 cm³/mol. The van der Waals surface area contributed by atoms with Gasteiger partial charge in [0.15, 0.2) is 0 Å². The van der Waals surface area contributed by atoms with Crippen LogP contribution in [0.25, 0.3) is 0 Å². The number of halogens is 1. The van der Waals surface area contributed by atoms with Gasteiger partial charge in [-0.05, 0) is 13.0 Å². The Labute approximate surface area is 60.8 Å². The van der Waals surface area contributed by atoms with E-state index in [1.807, 2.05) is 6.07 Å². The van der Waals surface area contributed by atoms with Crippen molar-refractivity contribution in [2.24, 2.45) is 0 Å². The zero-order chi connectivity index (χ0) is 7.11. The van der Waals surface area contributed by atoms with Gasteiger partial charge in [0, 0.05) is 6.54 Å². The summed E-state index contributed by atoms with van der Waals surface area (Å²) >= 11 is 5.48. The van der Waals surface area contributed by atoms with Crippen LogP contribution >= 0.6 is 11.6 Å². The molecule has 3 heteroatoms. The van der Waals surface area contributed by atoms with Crippen LogP contribution in [0, 0.1) is 11.3 Å². The lowest BCUT2D eigenvalue weighted by Gasteiger charge is -2.00. The Kier molecular flexibility index (Phi) is 5.70. The maximum atomic E-state index is 8.21. The van der Waals surface area contributed by atoms with E-state index in [1.54, 1.807) is 0 Å². The summed E-state index contributed by atoms with van der Waals surface area (Å²) in [5, 5.41) is 10.9. The summed E-state index contributed by atoms with van der Waals surface area (Å²) in [6.07, 6.45) is 1.08. The number of nitrogens with one attached hydrogen (secondary N) is 1. The molecule has 0 aliphatic rings. The van der Waals surface area contributed by atoms with E-state index in [-0.39, 0.29) is 5.38 Å². The number of alkyl halides is 1. The summed E-state index contributed by atoms with van der Waals surface area (Å²) in [5.41, 5.74) is 0. The Balaban J connectivity index is 2.99. The maximum Gasteiger partial charge on any atom is 0.132 e. The molecule has 52 valence electrons. The van der Waals surface area contributed by atoms with Crippen molar-refractivity contribution in [3.05, 3.63) is 0 Å². The highest BCUT2D eigenvalue weighted by Gasteiger charge is 1.97. The Morgan fingerprint density at radius 2 is 2.44 bits per heavy atom. The van der Waals surface area contributed by atoms with Gasteiger partial charge in [-0.25, -0.2) is 0 Å². The summed E-state index contributed by atoms with van der Waals surface area (Å²) < 4.78 is 0. The van der Waals surface area contributed by atoms with Crippen molar-refractivity contribution in [2.75, 3.05) is 13.1 Å². The molecule has 0 aliphatic heterocycles. The lowest BCUT2D eigenvalue weighted by Crippen LogP contribution is -2.22. The van der Waals surface area contributed by atoms with E-state index in [2.05, 4.69) is 12.2 Å². The van der Waals surface area contributed by atoms with Crippen molar-refractivity contribution in [1.29, 1.82) is 5.26 Å². The van der Waals surface area contributed by atoms with Crippen LogP contribution in [0.1, 0.15) is 13.3 Å². The molecule has 0 saturated heterocycles. The van der Waals surface area contributed by atoms with E-state index in [0.29, 0.717) is 6.54 Å². The van der Waals surface area contributed by atoms with Crippen molar-refractivity contribution in [3.63, 3.8) is 0 Å². The average molecular weight is 147 g/mol. The second-order valence-electron chi connectivity index (χ2n) is 1.80. The molecule has 0 heterocycles. The summed E-state index contributed by atoms with van der Waals surface area (Å²) in [5.74, 6) is 0. The number of hydrogen-bond acceptors (Lipinski definition) is 2. The van der Waals surface area contributed by atoms with Gasteiger partial charge in [-0.2, -0.15) is 5.26 Å². The molecule has 0 aromatic carbocycles. The molecule has 1 N–H and O–H groups in total. The Morgan fingerprint density at radius 3 is 2.89 bits per heavy atom. The molecule has 0 rings (SSSR count). The Bertz CT molecular complexity index is 97.7. The van der Waals surface area contributed by atoms with Crippen LogP contribution in [0.3, 0.4) is 0 Å². The standard InChI is InChI=1S/C6H11ClN2/c1-2-3-9-5-6(7)4-8/h6,9H,2-3,5H2,1H3. The number of nitrogens with zero attached hydrogens (tertiary/aromatic N) is 1. The zero-order valence-electron chi connectivity index (χ0n) is 5.52. The normalized spacial score (nSPS) is 12.6. The van der Waals surface area contributed by atoms with Crippen molar-refractivity contribution < 1.29 is 0 Å². The highest BCUT2D eigenvalue weighted by Crippen LogP contribution is 1.88. The fourth-order valence-corrected chi connectivity index (χ4v) is 0.560. The van der Waals surface area contributed by atoms with Crippen molar-refractivity contribution in [2.45, 2.75) is 18.7 Å². The molecule has 1 atom stereocenters. The van der Waals surface area contributed by atoms with Gasteiger partial charge in [0.25, 0.3) is 0 Å². The largest absolute Gasteiger partial charge is 0.314 e. The predicted octanol–water partition coefficient (Wildman–Crippen LogP) is 1.12. The van der Waals surface area contributed by atoms with Gasteiger partial charge in [0.05, 0.1) is 6.07 Å². The third kappa shape index (κ3) is 5.61. The zero-order valence-corrected chi connectivity index (χ0v) is 6.28. The molecular formula is C6H11ClN2. The van der Waals surface area contributed by atoms with Crippen LogP contribution < -0.4 is 5.32 Å². The molecule has 9 heavy (non-hydrogen) atoms. The van der Waals surface area contributed by atoms with Crippen LogP contribution in [0.15, 0.2) is 0 Å². The molecule has 0 spiro atoms. The minimum Gasteiger partial charge on any atom is -0.314 e.